The minimum atomic E-state index is -0.272. The summed E-state index contributed by atoms with van der Waals surface area (Å²) in [5.74, 6) is -0.503. The quantitative estimate of drug-likeness (QED) is 0.753. The van der Waals surface area contributed by atoms with Crippen LogP contribution in [0.5, 0.6) is 11.5 Å². The van der Waals surface area contributed by atoms with Crippen molar-refractivity contribution in [2.75, 3.05) is 0 Å². The van der Waals surface area contributed by atoms with Crippen LogP contribution in [0.2, 0.25) is 0 Å². The molecule has 3 N–H and O–H groups in total. The fourth-order valence-electron chi connectivity index (χ4n) is 2.05. The molecule has 18 heavy (non-hydrogen) atoms. The SMILES string of the molecule is CCC(CC)(CC)NC(=O)c1cc(O)cc(O)c1. The molecule has 0 bridgehead atoms. The molecule has 1 aromatic carbocycles. The van der Waals surface area contributed by atoms with Gasteiger partial charge in [-0.3, -0.25) is 4.79 Å². The number of benzene rings is 1. The monoisotopic (exact) mass is 251 g/mol. The average Bonchev–Trinajstić information content (AvgIpc) is 2.35. The van der Waals surface area contributed by atoms with Crippen LogP contribution in [-0.4, -0.2) is 21.7 Å². The Hall–Kier alpha value is -1.71. The van der Waals surface area contributed by atoms with Gasteiger partial charge in [0.2, 0.25) is 0 Å². The van der Waals surface area contributed by atoms with Crippen molar-refractivity contribution in [2.45, 2.75) is 45.6 Å². The van der Waals surface area contributed by atoms with Gasteiger partial charge in [0.15, 0.2) is 0 Å². The number of rotatable bonds is 5. The van der Waals surface area contributed by atoms with E-state index in [1.807, 2.05) is 20.8 Å². The summed E-state index contributed by atoms with van der Waals surface area (Å²) < 4.78 is 0. The summed E-state index contributed by atoms with van der Waals surface area (Å²) in [6.45, 7) is 6.10. The molecule has 4 heteroatoms. The second kappa shape index (κ2) is 5.76. The highest BCUT2D eigenvalue weighted by molar-refractivity contribution is 5.95. The fraction of sp³-hybridized carbons (Fsp3) is 0.500. The van der Waals surface area contributed by atoms with Gasteiger partial charge in [-0.25, -0.2) is 0 Å². The maximum Gasteiger partial charge on any atom is 0.251 e. The van der Waals surface area contributed by atoms with Gasteiger partial charge < -0.3 is 15.5 Å². The molecule has 1 amide bonds. The number of aromatic hydroxyl groups is 2. The first-order valence-electron chi connectivity index (χ1n) is 6.32. The van der Waals surface area contributed by atoms with Crippen LogP contribution in [-0.2, 0) is 0 Å². The number of phenolic OH excluding ortho intramolecular Hbond substituents is 2. The van der Waals surface area contributed by atoms with Crippen LogP contribution in [0.15, 0.2) is 18.2 Å². The van der Waals surface area contributed by atoms with Crippen molar-refractivity contribution >= 4 is 5.91 Å². The zero-order valence-electron chi connectivity index (χ0n) is 11.2. The van der Waals surface area contributed by atoms with Crippen molar-refractivity contribution < 1.29 is 15.0 Å². The smallest absolute Gasteiger partial charge is 0.251 e. The molecule has 0 saturated carbocycles. The minimum absolute atomic E-state index is 0.116. The number of hydrogen-bond donors (Lipinski definition) is 3. The molecular weight excluding hydrogens is 230 g/mol. The van der Waals surface area contributed by atoms with E-state index in [2.05, 4.69) is 5.32 Å². The van der Waals surface area contributed by atoms with Crippen molar-refractivity contribution in [3.05, 3.63) is 23.8 Å². The topological polar surface area (TPSA) is 69.6 Å². The third-order valence-electron chi connectivity index (χ3n) is 3.57. The lowest BCUT2D eigenvalue weighted by Crippen LogP contribution is -2.47. The Morgan fingerprint density at radius 2 is 1.50 bits per heavy atom. The molecule has 0 radical (unpaired) electrons. The number of nitrogens with one attached hydrogen (secondary N) is 1. The van der Waals surface area contributed by atoms with E-state index >= 15 is 0 Å². The van der Waals surface area contributed by atoms with E-state index in [4.69, 9.17) is 0 Å². The highest BCUT2D eigenvalue weighted by Gasteiger charge is 2.26. The molecule has 0 aliphatic heterocycles. The van der Waals surface area contributed by atoms with E-state index in [1.165, 1.54) is 18.2 Å². The van der Waals surface area contributed by atoms with E-state index in [-0.39, 0.29) is 28.5 Å². The van der Waals surface area contributed by atoms with Crippen molar-refractivity contribution in [3.63, 3.8) is 0 Å². The van der Waals surface area contributed by atoms with Gasteiger partial charge in [0.05, 0.1) is 0 Å². The zero-order chi connectivity index (χ0) is 13.8. The number of carbonyl (C=O) groups is 1. The summed E-state index contributed by atoms with van der Waals surface area (Å²) in [7, 11) is 0. The van der Waals surface area contributed by atoms with Gasteiger partial charge in [-0.15, -0.1) is 0 Å². The van der Waals surface area contributed by atoms with E-state index in [9.17, 15) is 15.0 Å². The van der Waals surface area contributed by atoms with E-state index in [1.54, 1.807) is 0 Å². The number of phenols is 2. The van der Waals surface area contributed by atoms with Crippen molar-refractivity contribution in [1.29, 1.82) is 0 Å². The summed E-state index contributed by atoms with van der Waals surface area (Å²) in [6.07, 6.45) is 2.53. The number of hydrogen-bond acceptors (Lipinski definition) is 3. The predicted octanol–water partition coefficient (Wildman–Crippen LogP) is 2.80. The maximum atomic E-state index is 12.1. The largest absolute Gasteiger partial charge is 0.508 e. The second-order valence-electron chi connectivity index (χ2n) is 4.53. The zero-order valence-corrected chi connectivity index (χ0v) is 11.2. The molecule has 4 nitrogen and oxygen atoms in total. The Morgan fingerprint density at radius 1 is 1.06 bits per heavy atom. The summed E-state index contributed by atoms with van der Waals surface area (Å²) in [6, 6.07) is 3.89. The Balaban J connectivity index is 2.94. The van der Waals surface area contributed by atoms with Gasteiger partial charge in [0, 0.05) is 17.2 Å². The highest BCUT2D eigenvalue weighted by Crippen LogP contribution is 2.23. The third kappa shape index (κ3) is 3.15. The molecule has 0 atom stereocenters. The van der Waals surface area contributed by atoms with Gasteiger partial charge >= 0.3 is 0 Å². The van der Waals surface area contributed by atoms with Crippen LogP contribution in [0, 0.1) is 0 Å². The third-order valence-corrected chi connectivity index (χ3v) is 3.57. The molecule has 1 aromatic rings. The first kappa shape index (κ1) is 14.4. The van der Waals surface area contributed by atoms with Crippen LogP contribution in [0.3, 0.4) is 0 Å². The number of carbonyl (C=O) groups excluding carboxylic acids is 1. The first-order valence-corrected chi connectivity index (χ1v) is 6.32. The van der Waals surface area contributed by atoms with Gasteiger partial charge in [-0.2, -0.15) is 0 Å². The molecule has 0 heterocycles. The van der Waals surface area contributed by atoms with Gasteiger partial charge in [-0.05, 0) is 31.4 Å². The first-order chi connectivity index (χ1) is 8.46. The Morgan fingerprint density at radius 3 is 1.89 bits per heavy atom. The number of amides is 1. The van der Waals surface area contributed by atoms with Crippen molar-refractivity contribution in [3.8, 4) is 11.5 Å². The van der Waals surface area contributed by atoms with Crippen LogP contribution in [0.4, 0.5) is 0 Å². The average molecular weight is 251 g/mol. The summed E-state index contributed by atoms with van der Waals surface area (Å²) in [5, 5.41) is 21.7. The molecule has 100 valence electrons. The van der Waals surface area contributed by atoms with E-state index in [0.29, 0.717) is 0 Å². The van der Waals surface area contributed by atoms with Gasteiger partial charge in [0.1, 0.15) is 11.5 Å². The molecule has 0 aliphatic rings. The molecule has 0 unspecified atom stereocenters. The Kier molecular flexibility index (Phi) is 4.59. The molecule has 1 rings (SSSR count). The second-order valence-corrected chi connectivity index (χ2v) is 4.53. The van der Waals surface area contributed by atoms with Crippen LogP contribution in [0.1, 0.15) is 50.4 Å². The predicted molar refractivity (Wildman–Crippen MR) is 70.8 cm³/mol. The van der Waals surface area contributed by atoms with Crippen molar-refractivity contribution in [1.82, 2.24) is 5.32 Å². The van der Waals surface area contributed by atoms with E-state index in [0.717, 1.165) is 19.3 Å². The maximum absolute atomic E-state index is 12.1. The van der Waals surface area contributed by atoms with Crippen LogP contribution >= 0.6 is 0 Å². The lowest BCUT2D eigenvalue weighted by Gasteiger charge is -2.31. The lowest BCUT2D eigenvalue weighted by molar-refractivity contribution is 0.0887. The summed E-state index contributed by atoms with van der Waals surface area (Å²) >= 11 is 0. The minimum Gasteiger partial charge on any atom is -0.508 e. The lowest BCUT2D eigenvalue weighted by atomic mass is 9.89. The molecule has 0 aliphatic carbocycles. The molecule has 0 fully saturated rings. The molecule has 0 aromatic heterocycles. The standard InChI is InChI=1S/C14H21NO3/c1-4-14(5-2,6-3)15-13(18)10-7-11(16)9-12(17)8-10/h7-9,16-17H,4-6H2,1-3H3,(H,15,18). The molecule has 0 saturated heterocycles. The normalized spacial score (nSPS) is 11.3. The Labute approximate surface area is 108 Å². The van der Waals surface area contributed by atoms with Gasteiger partial charge in [-0.1, -0.05) is 20.8 Å². The van der Waals surface area contributed by atoms with Crippen molar-refractivity contribution in [2.24, 2.45) is 0 Å². The molecule has 0 spiro atoms. The Bertz CT molecular complexity index is 397. The highest BCUT2D eigenvalue weighted by atomic mass is 16.3. The van der Waals surface area contributed by atoms with E-state index < -0.39 is 0 Å². The summed E-state index contributed by atoms with van der Waals surface area (Å²) in [5.41, 5.74) is 0.0465. The summed E-state index contributed by atoms with van der Waals surface area (Å²) in [4.78, 5) is 12.1. The van der Waals surface area contributed by atoms with Crippen LogP contribution in [0.25, 0.3) is 0 Å². The molecular formula is C14H21NO3. The fourth-order valence-corrected chi connectivity index (χ4v) is 2.05. The van der Waals surface area contributed by atoms with Crippen LogP contribution < -0.4 is 5.32 Å². The van der Waals surface area contributed by atoms with Gasteiger partial charge in [0.25, 0.3) is 5.91 Å².